The first-order valence-electron chi connectivity index (χ1n) is 6.08. The van der Waals surface area contributed by atoms with Gasteiger partial charge in [0.05, 0.1) is 18.2 Å². The molecule has 1 aromatic carbocycles. The summed E-state index contributed by atoms with van der Waals surface area (Å²) < 4.78 is 6.21. The Balaban J connectivity index is 2.14. The third-order valence-corrected chi connectivity index (χ3v) is 4.07. The van der Waals surface area contributed by atoms with Crippen molar-refractivity contribution in [3.05, 3.63) is 35.2 Å². The molecule has 2 rings (SSSR count). The fourth-order valence-corrected chi connectivity index (χ4v) is 3.15. The van der Waals surface area contributed by atoms with Gasteiger partial charge < -0.3 is 10.1 Å². The van der Waals surface area contributed by atoms with Crippen molar-refractivity contribution < 1.29 is 9.53 Å². The van der Waals surface area contributed by atoms with E-state index in [2.05, 4.69) is 5.32 Å². The van der Waals surface area contributed by atoms with Gasteiger partial charge >= 0.3 is 0 Å². The smallest absolute Gasteiger partial charge is 0.253 e. The van der Waals surface area contributed by atoms with E-state index >= 15 is 0 Å². The van der Waals surface area contributed by atoms with Crippen molar-refractivity contribution in [3.63, 3.8) is 0 Å². The average Bonchev–Trinajstić information content (AvgIpc) is 2.83. The van der Waals surface area contributed by atoms with Gasteiger partial charge in [-0.05, 0) is 12.5 Å². The Morgan fingerprint density at radius 1 is 1.47 bits per heavy atom. The summed E-state index contributed by atoms with van der Waals surface area (Å²) in [6, 6.07) is 7.85. The van der Waals surface area contributed by atoms with Gasteiger partial charge in [-0.3, -0.25) is 4.79 Å². The lowest BCUT2D eigenvalue weighted by Crippen LogP contribution is -2.38. The van der Waals surface area contributed by atoms with Crippen molar-refractivity contribution in [1.29, 1.82) is 0 Å². The number of nitrogens with one attached hydrogen (secondary N) is 1. The molecule has 1 atom stereocenters. The number of fused-ring (bicyclic) bond motifs is 1. The van der Waals surface area contributed by atoms with Gasteiger partial charge in [-0.2, -0.15) is 0 Å². The van der Waals surface area contributed by atoms with Crippen molar-refractivity contribution in [2.75, 3.05) is 19.6 Å². The Bertz CT molecular complexity index is 549. The van der Waals surface area contributed by atoms with E-state index in [-0.39, 0.29) is 11.9 Å². The van der Waals surface area contributed by atoms with Crippen LogP contribution in [0.1, 0.15) is 16.8 Å². The van der Waals surface area contributed by atoms with Gasteiger partial charge in [-0.1, -0.05) is 18.2 Å². The fourth-order valence-electron chi connectivity index (χ4n) is 1.95. The maximum Gasteiger partial charge on any atom is 0.253 e. The Morgan fingerprint density at radius 2 is 2.26 bits per heavy atom. The van der Waals surface area contributed by atoms with Gasteiger partial charge in [0.25, 0.3) is 5.91 Å². The van der Waals surface area contributed by atoms with Crippen molar-refractivity contribution in [1.82, 2.24) is 5.32 Å². The molecule has 2 aromatic rings. The minimum Gasteiger partial charge on any atom is -0.383 e. The summed E-state index contributed by atoms with van der Waals surface area (Å²) >= 11 is 7.31. The monoisotopic (exact) mass is 297 g/mol. The highest BCUT2D eigenvalue weighted by atomic mass is 35.5. The molecule has 0 radical (unpaired) electrons. The molecule has 0 saturated heterocycles. The van der Waals surface area contributed by atoms with Gasteiger partial charge in [0, 0.05) is 28.5 Å². The molecule has 1 unspecified atom stereocenters. The number of hydrogen-bond acceptors (Lipinski definition) is 3. The standard InChI is InChI=1S/C14H16ClNO2S/c1-18-8-10(6-7-15)16-14(17)12-9-19-13-5-3-2-4-11(12)13/h2-5,9-10H,6-8H2,1H3,(H,16,17). The molecular weight excluding hydrogens is 282 g/mol. The lowest BCUT2D eigenvalue weighted by Gasteiger charge is -2.16. The molecule has 1 aromatic heterocycles. The second-order valence-electron chi connectivity index (χ2n) is 4.25. The second-order valence-corrected chi connectivity index (χ2v) is 5.54. The molecule has 1 N–H and O–H groups in total. The molecule has 1 heterocycles. The highest BCUT2D eigenvalue weighted by molar-refractivity contribution is 7.17. The molecule has 19 heavy (non-hydrogen) atoms. The summed E-state index contributed by atoms with van der Waals surface area (Å²) in [5.41, 5.74) is 0.719. The Kier molecular flexibility index (Phi) is 5.19. The molecular formula is C14H16ClNO2S. The van der Waals surface area contributed by atoms with Crippen LogP contribution < -0.4 is 5.32 Å². The van der Waals surface area contributed by atoms with Crippen LogP contribution >= 0.6 is 22.9 Å². The molecule has 1 amide bonds. The van der Waals surface area contributed by atoms with E-state index in [4.69, 9.17) is 16.3 Å². The minimum absolute atomic E-state index is 0.0475. The lowest BCUT2D eigenvalue weighted by molar-refractivity contribution is 0.0897. The van der Waals surface area contributed by atoms with Crippen LogP contribution in [0.2, 0.25) is 0 Å². The van der Waals surface area contributed by atoms with Gasteiger partial charge in [0.2, 0.25) is 0 Å². The number of halogens is 1. The molecule has 0 aliphatic carbocycles. The van der Waals surface area contributed by atoms with E-state index < -0.39 is 0 Å². The predicted octanol–water partition coefficient (Wildman–Crippen LogP) is 3.28. The Hall–Kier alpha value is -1.10. The highest BCUT2D eigenvalue weighted by Gasteiger charge is 2.16. The predicted molar refractivity (Wildman–Crippen MR) is 80.3 cm³/mol. The molecule has 0 aliphatic rings. The van der Waals surface area contributed by atoms with Gasteiger partial charge in [0.1, 0.15) is 0 Å². The first-order chi connectivity index (χ1) is 9.26. The minimum atomic E-state index is -0.0652. The largest absolute Gasteiger partial charge is 0.383 e. The number of ether oxygens (including phenoxy) is 1. The molecule has 0 bridgehead atoms. The van der Waals surface area contributed by atoms with Gasteiger partial charge in [-0.15, -0.1) is 22.9 Å². The second kappa shape index (κ2) is 6.89. The topological polar surface area (TPSA) is 38.3 Å². The normalized spacial score (nSPS) is 12.5. The number of rotatable bonds is 6. The third-order valence-electron chi connectivity index (χ3n) is 2.89. The maximum atomic E-state index is 12.3. The van der Waals surface area contributed by atoms with E-state index in [9.17, 15) is 4.79 Å². The summed E-state index contributed by atoms with van der Waals surface area (Å²) in [4.78, 5) is 12.3. The summed E-state index contributed by atoms with van der Waals surface area (Å²) in [5, 5.41) is 5.86. The summed E-state index contributed by atoms with van der Waals surface area (Å²) in [7, 11) is 1.62. The molecule has 0 fully saturated rings. The summed E-state index contributed by atoms with van der Waals surface area (Å²) in [5.74, 6) is 0.434. The molecule has 5 heteroatoms. The zero-order chi connectivity index (χ0) is 13.7. The van der Waals surface area contributed by atoms with Crippen molar-refractivity contribution in [2.24, 2.45) is 0 Å². The van der Waals surface area contributed by atoms with Crippen LogP contribution in [0.5, 0.6) is 0 Å². The SMILES string of the molecule is COCC(CCCl)NC(=O)c1csc2ccccc12. The van der Waals surface area contributed by atoms with E-state index in [1.165, 1.54) is 0 Å². The van der Waals surface area contributed by atoms with Crippen LogP contribution in [0.4, 0.5) is 0 Å². The number of benzene rings is 1. The van der Waals surface area contributed by atoms with Crippen LogP contribution in [-0.4, -0.2) is 31.5 Å². The summed E-state index contributed by atoms with van der Waals surface area (Å²) in [6.45, 7) is 0.473. The van der Waals surface area contributed by atoms with Gasteiger partial charge in [-0.25, -0.2) is 0 Å². The summed E-state index contributed by atoms with van der Waals surface area (Å²) in [6.07, 6.45) is 0.698. The van der Waals surface area contributed by atoms with Crippen LogP contribution in [-0.2, 0) is 4.74 Å². The third kappa shape index (κ3) is 3.47. The number of methoxy groups -OCH3 is 1. The molecule has 102 valence electrons. The number of carbonyl (C=O) groups excluding carboxylic acids is 1. The van der Waals surface area contributed by atoms with Crippen LogP contribution in [0.25, 0.3) is 10.1 Å². The highest BCUT2D eigenvalue weighted by Crippen LogP contribution is 2.25. The van der Waals surface area contributed by atoms with Crippen LogP contribution in [0.3, 0.4) is 0 Å². The first kappa shape index (κ1) is 14.3. The van der Waals surface area contributed by atoms with Crippen LogP contribution in [0.15, 0.2) is 29.6 Å². The molecule has 0 aliphatic heterocycles. The van der Waals surface area contributed by atoms with E-state index in [0.717, 1.165) is 15.6 Å². The zero-order valence-electron chi connectivity index (χ0n) is 10.7. The van der Waals surface area contributed by atoms with E-state index in [0.29, 0.717) is 18.9 Å². The number of thiophene rings is 1. The van der Waals surface area contributed by atoms with E-state index in [1.54, 1.807) is 18.4 Å². The zero-order valence-corrected chi connectivity index (χ0v) is 12.3. The van der Waals surface area contributed by atoms with E-state index in [1.807, 2.05) is 29.6 Å². The fraction of sp³-hybridized carbons (Fsp3) is 0.357. The number of alkyl halides is 1. The number of hydrogen-bond donors (Lipinski definition) is 1. The lowest BCUT2D eigenvalue weighted by atomic mass is 10.1. The van der Waals surface area contributed by atoms with Gasteiger partial charge in [0.15, 0.2) is 0 Å². The molecule has 0 saturated carbocycles. The average molecular weight is 298 g/mol. The Morgan fingerprint density at radius 3 is 3.00 bits per heavy atom. The van der Waals surface area contributed by atoms with Crippen LogP contribution in [0, 0.1) is 0 Å². The maximum absolute atomic E-state index is 12.3. The first-order valence-corrected chi connectivity index (χ1v) is 7.49. The number of amides is 1. The molecule has 3 nitrogen and oxygen atoms in total. The van der Waals surface area contributed by atoms with Crippen molar-refractivity contribution >= 4 is 38.9 Å². The van der Waals surface area contributed by atoms with Crippen molar-refractivity contribution in [2.45, 2.75) is 12.5 Å². The number of carbonyl (C=O) groups is 1. The Labute approximate surface area is 121 Å². The molecule has 0 spiro atoms. The van der Waals surface area contributed by atoms with Crippen molar-refractivity contribution in [3.8, 4) is 0 Å². The quantitative estimate of drug-likeness (QED) is 0.831.